The fourth-order valence-corrected chi connectivity index (χ4v) is 5.99. The van der Waals surface area contributed by atoms with Crippen LogP contribution in [0.3, 0.4) is 0 Å². The van der Waals surface area contributed by atoms with Gasteiger partial charge in [-0.25, -0.2) is 0 Å². The van der Waals surface area contributed by atoms with Crippen molar-refractivity contribution in [3.8, 4) is 0 Å². The standard InChI is InChI=1S/C15H27IO/c1-4-5-6-9-17-15(11-16)13-8-7-12(10-13)14(15,2)3/h12-13H,4-11H2,1-3H3. The Labute approximate surface area is 120 Å². The molecule has 2 rings (SSSR count). The molecule has 0 spiro atoms. The summed E-state index contributed by atoms with van der Waals surface area (Å²) < 4.78 is 7.66. The molecule has 0 aliphatic heterocycles. The zero-order chi connectivity index (χ0) is 12.5. The highest BCUT2D eigenvalue weighted by Crippen LogP contribution is 2.63. The van der Waals surface area contributed by atoms with Crippen molar-refractivity contribution >= 4 is 22.6 Å². The molecule has 0 heterocycles. The second kappa shape index (κ2) is 5.36. The van der Waals surface area contributed by atoms with Crippen LogP contribution in [0.25, 0.3) is 0 Å². The summed E-state index contributed by atoms with van der Waals surface area (Å²) in [5.41, 5.74) is 0.577. The third kappa shape index (κ3) is 2.18. The zero-order valence-corrected chi connectivity index (χ0v) is 13.8. The van der Waals surface area contributed by atoms with E-state index in [4.69, 9.17) is 4.74 Å². The van der Waals surface area contributed by atoms with Crippen LogP contribution in [0.5, 0.6) is 0 Å². The predicted molar refractivity (Wildman–Crippen MR) is 81.7 cm³/mol. The summed E-state index contributed by atoms with van der Waals surface area (Å²) in [6.45, 7) is 8.14. The van der Waals surface area contributed by atoms with Crippen molar-refractivity contribution in [3.63, 3.8) is 0 Å². The third-order valence-corrected chi connectivity index (χ3v) is 6.64. The van der Waals surface area contributed by atoms with Gasteiger partial charge in [-0.3, -0.25) is 0 Å². The van der Waals surface area contributed by atoms with Crippen LogP contribution in [-0.2, 0) is 4.74 Å². The minimum absolute atomic E-state index is 0.185. The summed E-state index contributed by atoms with van der Waals surface area (Å²) in [5, 5.41) is 0. The maximum Gasteiger partial charge on any atom is 0.0852 e. The van der Waals surface area contributed by atoms with E-state index < -0.39 is 0 Å². The molecular weight excluding hydrogens is 323 g/mol. The van der Waals surface area contributed by atoms with Crippen molar-refractivity contribution in [2.45, 2.75) is 64.9 Å². The first-order chi connectivity index (χ1) is 8.08. The SMILES string of the molecule is CCCCCOC1(CI)C2CCC(C2)C1(C)C. The number of ether oxygens (including phenoxy) is 1. The first kappa shape index (κ1) is 14.1. The molecule has 2 heteroatoms. The molecule has 2 aliphatic rings. The van der Waals surface area contributed by atoms with E-state index in [-0.39, 0.29) is 5.60 Å². The van der Waals surface area contributed by atoms with Crippen LogP contribution >= 0.6 is 22.6 Å². The quantitative estimate of drug-likeness (QED) is 0.379. The van der Waals surface area contributed by atoms with Crippen LogP contribution in [0.4, 0.5) is 0 Å². The Bertz CT molecular complexity index is 264. The van der Waals surface area contributed by atoms with Crippen LogP contribution in [0.1, 0.15) is 59.3 Å². The van der Waals surface area contributed by atoms with Crippen molar-refractivity contribution in [1.82, 2.24) is 0 Å². The molecule has 0 saturated heterocycles. The van der Waals surface area contributed by atoms with Gasteiger partial charge in [-0.1, -0.05) is 56.2 Å². The van der Waals surface area contributed by atoms with Gasteiger partial charge in [0.15, 0.2) is 0 Å². The molecule has 17 heavy (non-hydrogen) atoms. The lowest BCUT2D eigenvalue weighted by molar-refractivity contribution is -0.136. The average Bonchev–Trinajstić information content (AvgIpc) is 2.85. The second-order valence-corrected chi connectivity index (χ2v) is 7.27. The predicted octanol–water partition coefficient (Wildman–Crippen LogP) is 4.82. The molecule has 2 fully saturated rings. The lowest BCUT2D eigenvalue weighted by Crippen LogP contribution is -2.53. The van der Waals surface area contributed by atoms with Crippen LogP contribution in [-0.4, -0.2) is 16.6 Å². The van der Waals surface area contributed by atoms with Crippen molar-refractivity contribution < 1.29 is 4.74 Å². The smallest absolute Gasteiger partial charge is 0.0852 e. The van der Waals surface area contributed by atoms with E-state index in [1.807, 2.05) is 0 Å². The van der Waals surface area contributed by atoms with Gasteiger partial charge in [0, 0.05) is 11.0 Å². The van der Waals surface area contributed by atoms with Gasteiger partial charge in [0.2, 0.25) is 0 Å². The highest BCUT2D eigenvalue weighted by atomic mass is 127. The highest BCUT2D eigenvalue weighted by molar-refractivity contribution is 14.1. The van der Waals surface area contributed by atoms with Gasteiger partial charge in [-0.2, -0.15) is 0 Å². The summed E-state index contributed by atoms with van der Waals surface area (Å²) >= 11 is 2.56. The lowest BCUT2D eigenvalue weighted by Gasteiger charge is -2.49. The van der Waals surface area contributed by atoms with Gasteiger partial charge < -0.3 is 4.74 Å². The topological polar surface area (TPSA) is 9.23 Å². The lowest BCUT2D eigenvalue weighted by atomic mass is 9.66. The van der Waals surface area contributed by atoms with Crippen LogP contribution in [0, 0.1) is 17.3 Å². The monoisotopic (exact) mass is 350 g/mol. The molecule has 2 aliphatic carbocycles. The van der Waals surface area contributed by atoms with Crippen molar-refractivity contribution in [3.05, 3.63) is 0 Å². The summed E-state index contributed by atoms with van der Waals surface area (Å²) in [5.74, 6) is 1.74. The number of rotatable bonds is 6. The second-order valence-electron chi connectivity index (χ2n) is 6.51. The molecule has 0 N–H and O–H groups in total. The molecule has 2 saturated carbocycles. The maximum atomic E-state index is 6.48. The van der Waals surface area contributed by atoms with Gasteiger partial charge in [-0.05, 0) is 42.9 Å². The Kier molecular flexibility index (Phi) is 4.45. The zero-order valence-electron chi connectivity index (χ0n) is 11.6. The number of unbranched alkanes of at least 4 members (excludes halogenated alkanes) is 2. The number of hydrogen-bond acceptors (Lipinski definition) is 1. The minimum Gasteiger partial charge on any atom is -0.373 e. The normalized spacial score (nSPS) is 38.8. The summed E-state index contributed by atoms with van der Waals surface area (Å²) in [6, 6.07) is 0. The molecule has 1 nitrogen and oxygen atoms in total. The van der Waals surface area contributed by atoms with E-state index in [0.717, 1.165) is 18.4 Å². The first-order valence-corrected chi connectivity index (χ1v) is 8.81. The molecule has 0 aromatic rings. The number of halogens is 1. The molecule has 3 atom stereocenters. The molecular formula is C15H27IO. The van der Waals surface area contributed by atoms with E-state index in [2.05, 4.69) is 43.4 Å². The Morgan fingerprint density at radius 2 is 1.88 bits per heavy atom. The average molecular weight is 350 g/mol. The van der Waals surface area contributed by atoms with E-state index in [0.29, 0.717) is 5.41 Å². The fourth-order valence-electron chi connectivity index (χ4n) is 4.16. The number of fused-ring (bicyclic) bond motifs is 2. The largest absolute Gasteiger partial charge is 0.373 e. The van der Waals surface area contributed by atoms with Gasteiger partial charge >= 0.3 is 0 Å². The maximum absolute atomic E-state index is 6.48. The third-order valence-electron chi connectivity index (χ3n) is 5.51. The number of hydrogen-bond donors (Lipinski definition) is 0. The van der Waals surface area contributed by atoms with E-state index >= 15 is 0 Å². The van der Waals surface area contributed by atoms with Crippen molar-refractivity contribution in [1.29, 1.82) is 0 Å². The molecule has 0 radical (unpaired) electrons. The van der Waals surface area contributed by atoms with Gasteiger partial charge in [0.1, 0.15) is 0 Å². The van der Waals surface area contributed by atoms with Crippen LogP contribution in [0.2, 0.25) is 0 Å². The first-order valence-electron chi connectivity index (χ1n) is 7.28. The minimum atomic E-state index is 0.185. The Hall–Kier alpha value is 0.690. The van der Waals surface area contributed by atoms with E-state index in [9.17, 15) is 0 Å². The Morgan fingerprint density at radius 1 is 1.18 bits per heavy atom. The van der Waals surface area contributed by atoms with Crippen molar-refractivity contribution in [2.24, 2.45) is 17.3 Å². The molecule has 0 aromatic heterocycles. The van der Waals surface area contributed by atoms with Gasteiger partial charge in [0.05, 0.1) is 5.60 Å². The summed E-state index contributed by atoms with van der Waals surface area (Å²) in [6.07, 6.45) is 8.10. The van der Waals surface area contributed by atoms with Gasteiger partial charge in [-0.15, -0.1) is 0 Å². The Morgan fingerprint density at radius 3 is 2.41 bits per heavy atom. The van der Waals surface area contributed by atoms with Crippen LogP contribution < -0.4 is 0 Å². The summed E-state index contributed by atoms with van der Waals surface area (Å²) in [7, 11) is 0. The molecule has 2 bridgehead atoms. The summed E-state index contributed by atoms with van der Waals surface area (Å²) in [4.78, 5) is 0. The Balaban J connectivity index is 2.03. The molecule has 3 unspecified atom stereocenters. The van der Waals surface area contributed by atoms with Crippen LogP contribution in [0.15, 0.2) is 0 Å². The highest BCUT2D eigenvalue weighted by Gasteiger charge is 2.63. The molecule has 100 valence electrons. The van der Waals surface area contributed by atoms with Crippen molar-refractivity contribution in [2.75, 3.05) is 11.0 Å². The van der Waals surface area contributed by atoms with E-state index in [1.165, 1.54) is 43.0 Å². The van der Waals surface area contributed by atoms with E-state index in [1.54, 1.807) is 0 Å². The fraction of sp³-hybridized carbons (Fsp3) is 1.00. The number of alkyl halides is 1. The molecule has 0 aromatic carbocycles. The van der Waals surface area contributed by atoms with Gasteiger partial charge in [0.25, 0.3) is 0 Å². The molecule has 0 amide bonds.